The highest BCUT2D eigenvalue weighted by Gasteiger charge is 2.47. The van der Waals surface area contributed by atoms with Crippen LogP contribution in [-0.2, 0) is 9.59 Å². The largest absolute Gasteiger partial charge is 0.480 e. The third kappa shape index (κ3) is 5.88. The van der Waals surface area contributed by atoms with Crippen LogP contribution in [-0.4, -0.2) is 46.7 Å². The zero-order valence-electron chi connectivity index (χ0n) is 22.2. The number of benzene rings is 1. The number of aliphatic carboxylic acids is 1. The Morgan fingerprint density at radius 1 is 1.19 bits per heavy atom. The number of carbonyl (C=O) groups is 2. The van der Waals surface area contributed by atoms with Crippen molar-refractivity contribution < 1.29 is 19.2 Å². The topological polar surface area (TPSA) is 95.7 Å². The third-order valence-electron chi connectivity index (χ3n) is 8.10. The minimum absolute atomic E-state index is 0.105. The van der Waals surface area contributed by atoms with Gasteiger partial charge in [-0.15, -0.1) is 0 Å². The number of nitrogens with one attached hydrogen (secondary N) is 1. The molecule has 2 heterocycles. The van der Waals surface area contributed by atoms with Crippen LogP contribution in [0.1, 0.15) is 93.2 Å². The first kappa shape index (κ1) is 26.2. The van der Waals surface area contributed by atoms with E-state index >= 15 is 0 Å². The summed E-state index contributed by atoms with van der Waals surface area (Å²) in [6, 6.07) is 5.54. The van der Waals surface area contributed by atoms with Crippen LogP contribution < -0.4 is 5.32 Å². The average Bonchev–Trinajstić information content (AvgIpc) is 3.38. The lowest BCUT2D eigenvalue weighted by atomic mass is 9.66. The van der Waals surface area contributed by atoms with E-state index in [9.17, 15) is 14.7 Å². The minimum Gasteiger partial charge on any atom is -0.480 e. The Kier molecular flexibility index (Phi) is 7.14. The molecule has 2 aromatic rings. The molecule has 2 N–H and O–H groups in total. The van der Waals surface area contributed by atoms with Gasteiger partial charge in [-0.2, -0.15) is 0 Å². The van der Waals surface area contributed by atoms with Crippen molar-refractivity contribution in [1.82, 2.24) is 10.1 Å². The van der Waals surface area contributed by atoms with Crippen molar-refractivity contribution in [1.29, 1.82) is 0 Å². The highest BCUT2D eigenvalue weighted by molar-refractivity contribution is 6.33. The molecule has 2 aliphatic carbocycles. The van der Waals surface area contributed by atoms with E-state index in [0.29, 0.717) is 47.0 Å². The van der Waals surface area contributed by atoms with E-state index in [0.717, 1.165) is 42.7 Å². The number of likely N-dealkylation sites (tertiary alicyclic amines) is 1. The summed E-state index contributed by atoms with van der Waals surface area (Å²) in [6.07, 6.45) is 5.68. The Balaban J connectivity index is 1.39. The summed E-state index contributed by atoms with van der Waals surface area (Å²) in [6.45, 7) is 9.54. The van der Waals surface area contributed by atoms with Gasteiger partial charge in [0, 0.05) is 30.5 Å². The number of hydrogen-bond donors (Lipinski definition) is 2. The second kappa shape index (κ2) is 10.1. The number of hydrogen-bond acceptors (Lipinski definition) is 5. The summed E-state index contributed by atoms with van der Waals surface area (Å²) in [7, 11) is 0. The standard InChI is InChI=1S/C29H38ClN3O4/c1-16-5-8-23(22(30)9-16)31-28(36)21-14-33(15-24(34)35)13-20(21)26-25(18-6-7-18)27(37-32-26)19-10-17(11-19)12-29(2,3)4/h5,8-9,17-21H,6-7,10-15H2,1-4H3,(H,31,36)(H,34,35). The molecule has 5 rings (SSSR count). The first-order valence-corrected chi connectivity index (χ1v) is 13.9. The van der Waals surface area contributed by atoms with Crippen molar-refractivity contribution >= 4 is 29.2 Å². The predicted molar refractivity (Wildman–Crippen MR) is 143 cm³/mol. The van der Waals surface area contributed by atoms with Gasteiger partial charge in [0.05, 0.1) is 28.9 Å². The third-order valence-corrected chi connectivity index (χ3v) is 8.41. The van der Waals surface area contributed by atoms with E-state index < -0.39 is 11.9 Å². The molecule has 2 unspecified atom stereocenters. The Hall–Kier alpha value is -2.38. The van der Waals surface area contributed by atoms with Crippen LogP contribution in [0.15, 0.2) is 22.7 Å². The number of carbonyl (C=O) groups excluding carboxylic acids is 1. The molecule has 7 nitrogen and oxygen atoms in total. The Bertz CT molecular complexity index is 1180. The maximum absolute atomic E-state index is 13.5. The number of anilines is 1. The van der Waals surface area contributed by atoms with Crippen LogP contribution in [0, 0.1) is 24.2 Å². The highest BCUT2D eigenvalue weighted by Crippen LogP contribution is 2.54. The van der Waals surface area contributed by atoms with Crippen molar-refractivity contribution in [3.05, 3.63) is 45.8 Å². The molecule has 0 radical (unpaired) electrons. The summed E-state index contributed by atoms with van der Waals surface area (Å²) in [5, 5.41) is 17.5. The molecule has 3 fully saturated rings. The lowest BCUT2D eigenvalue weighted by Crippen LogP contribution is -2.31. The number of nitrogens with zero attached hydrogens (tertiary/aromatic N) is 2. The minimum atomic E-state index is -0.899. The monoisotopic (exact) mass is 527 g/mol. The van der Waals surface area contributed by atoms with Crippen molar-refractivity contribution in [2.75, 3.05) is 25.0 Å². The van der Waals surface area contributed by atoms with E-state index in [1.165, 1.54) is 12.0 Å². The van der Waals surface area contributed by atoms with Crippen molar-refractivity contribution in [2.45, 2.75) is 77.6 Å². The fraction of sp³-hybridized carbons (Fsp3) is 0.621. The van der Waals surface area contributed by atoms with E-state index in [1.54, 1.807) is 0 Å². The number of rotatable bonds is 8. The van der Waals surface area contributed by atoms with Crippen LogP contribution in [0.2, 0.25) is 5.02 Å². The molecule has 37 heavy (non-hydrogen) atoms. The molecular weight excluding hydrogens is 490 g/mol. The first-order chi connectivity index (χ1) is 17.5. The van der Waals surface area contributed by atoms with E-state index in [2.05, 4.69) is 31.2 Å². The predicted octanol–water partition coefficient (Wildman–Crippen LogP) is 6.18. The zero-order valence-corrected chi connectivity index (χ0v) is 23.0. The van der Waals surface area contributed by atoms with Crippen molar-refractivity contribution in [2.24, 2.45) is 17.3 Å². The fourth-order valence-electron chi connectivity index (χ4n) is 6.34. The number of amides is 1. The van der Waals surface area contributed by atoms with Crippen molar-refractivity contribution in [3.8, 4) is 0 Å². The number of aromatic nitrogens is 1. The molecule has 1 saturated heterocycles. The first-order valence-electron chi connectivity index (χ1n) is 13.5. The van der Waals surface area contributed by atoms with Gasteiger partial charge in [0.2, 0.25) is 5.91 Å². The van der Waals surface area contributed by atoms with Gasteiger partial charge in [-0.1, -0.05) is 43.6 Å². The lowest BCUT2D eigenvalue weighted by Gasteiger charge is -2.38. The molecule has 0 bridgehead atoms. The Morgan fingerprint density at radius 3 is 2.54 bits per heavy atom. The number of carboxylic acid groups (broad SMARTS) is 1. The SMILES string of the molecule is Cc1ccc(NC(=O)C2CN(CC(=O)O)CC2c2noc(C3CC(CC(C)(C)C)C3)c2C2CC2)c(Cl)c1. The molecule has 2 saturated carbocycles. The van der Waals surface area contributed by atoms with E-state index in [1.807, 2.05) is 30.0 Å². The number of halogens is 1. The molecule has 1 aromatic heterocycles. The molecule has 0 spiro atoms. The van der Waals surface area contributed by atoms with E-state index in [-0.39, 0.29) is 18.4 Å². The number of carboxylic acids is 1. The summed E-state index contributed by atoms with van der Waals surface area (Å²) in [5.74, 6) is 0.819. The molecular formula is C29H38ClN3O4. The Morgan fingerprint density at radius 2 is 1.92 bits per heavy atom. The van der Waals surface area contributed by atoms with E-state index in [4.69, 9.17) is 16.1 Å². The van der Waals surface area contributed by atoms with Crippen LogP contribution in [0.25, 0.3) is 0 Å². The van der Waals surface area contributed by atoms with Gasteiger partial charge >= 0.3 is 5.97 Å². The molecule has 1 aromatic carbocycles. The van der Waals surface area contributed by atoms with Gasteiger partial charge in [0.15, 0.2) is 0 Å². The quantitative estimate of drug-likeness (QED) is 0.425. The van der Waals surface area contributed by atoms with Gasteiger partial charge in [-0.3, -0.25) is 14.5 Å². The highest BCUT2D eigenvalue weighted by atomic mass is 35.5. The van der Waals surface area contributed by atoms with Gasteiger partial charge in [0.1, 0.15) is 5.76 Å². The van der Waals surface area contributed by atoms with Crippen LogP contribution in [0.5, 0.6) is 0 Å². The van der Waals surface area contributed by atoms with Crippen LogP contribution in [0.4, 0.5) is 5.69 Å². The van der Waals surface area contributed by atoms with Crippen molar-refractivity contribution in [3.63, 3.8) is 0 Å². The average molecular weight is 528 g/mol. The van der Waals surface area contributed by atoms with Gasteiger partial charge in [-0.25, -0.2) is 0 Å². The number of aryl methyl sites for hydroxylation is 1. The molecule has 2 atom stereocenters. The maximum atomic E-state index is 13.5. The van der Waals surface area contributed by atoms with Gasteiger partial charge < -0.3 is 14.9 Å². The molecule has 1 aliphatic heterocycles. The second-order valence-electron chi connectivity index (χ2n) is 12.7. The smallest absolute Gasteiger partial charge is 0.317 e. The van der Waals surface area contributed by atoms with Crippen LogP contribution in [0.3, 0.4) is 0 Å². The van der Waals surface area contributed by atoms with Gasteiger partial charge in [0.25, 0.3) is 0 Å². The maximum Gasteiger partial charge on any atom is 0.317 e. The van der Waals surface area contributed by atoms with Gasteiger partial charge in [-0.05, 0) is 74.0 Å². The zero-order chi connectivity index (χ0) is 26.5. The molecule has 8 heteroatoms. The molecule has 1 amide bonds. The molecule has 200 valence electrons. The second-order valence-corrected chi connectivity index (χ2v) is 13.1. The summed E-state index contributed by atoms with van der Waals surface area (Å²) >= 11 is 6.39. The normalized spacial score (nSPS) is 26.2. The summed E-state index contributed by atoms with van der Waals surface area (Å²) < 4.78 is 6.05. The summed E-state index contributed by atoms with van der Waals surface area (Å²) in [5.41, 5.74) is 3.96. The fourth-order valence-corrected chi connectivity index (χ4v) is 6.63. The Labute approximate surface area is 223 Å². The summed E-state index contributed by atoms with van der Waals surface area (Å²) in [4.78, 5) is 26.9. The molecule has 3 aliphatic rings. The lowest BCUT2D eigenvalue weighted by molar-refractivity contribution is -0.138. The van der Waals surface area contributed by atoms with Crippen LogP contribution >= 0.6 is 11.6 Å².